The van der Waals surface area contributed by atoms with Gasteiger partial charge in [-0.3, -0.25) is 4.90 Å². The Kier molecular flexibility index (Phi) is 6.25. The molecular formula is C18H20ClF3N6O. The molecule has 1 fully saturated rings. The van der Waals surface area contributed by atoms with Crippen molar-refractivity contribution in [2.75, 3.05) is 19.6 Å². The summed E-state index contributed by atoms with van der Waals surface area (Å²) in [7, 11) is 1.94. The van der Waals surface area contributed by atoms with E-state index in [4.69, 9.17) is 4.52 Å². The SMILES string of the molecule is Cl.Cn1ccnc1C1CNCCN1Cc1nc(-c2cccc(C(F)(F)F)c2)no1. The smallest absolute Gasteiger partial charge is 0.338 e. The molecule has 11 heteroatoms. The number of aromatic nitrogens is 4. The number of hydrogen-bond acceptors (Lipinski definition) is 6. The molecule has 3 aromatic rings. The van der Waals surface area contributed by atoms with Gasteiger partial charge in [-0.25, -0.2) is 4.98 Å². The number of rotatable bonds is 4. The first-order chi connectivity index (χ1) is 13.4. The highest BCUT2D eigenvalue weighted by molar-refractivity contribution is 5.85. The van der Waals surface area contributed by atoms with E-state index in [1.54, 1.807) is 6.20 Å². The summed E-state index contributed by atoms with van der Waals surface area (Å²) in [5.74, 6) is 1.42. The van der Waals surface area contributed by atoms with Crippen LogP contribution in [0.5, 0.6) is 0 Å². The van der Waals surface area contributed by atoms with E-state index in [2.05, 4.69) is 25.3 Å². The lowest BCUT2D eigenvalue weighted by Crippen LogP contribution is -2.46. The van der Waals surface area contributed by atoms with Crippen LogP contribution in [-0.2, 0) is 19.8 Å². The molecule has 1 atom stereocenters. The van der Waals surface area contributed by atoms with Gasteiger partial charge in [0.1, 0.15) is 5.82 Å². The Labute approximate surface area is 171 Å². The van der Waals surface area contributed by atoms with Gasteiger partial charge in [-0.1, -0.05) is 17.3 Å². The molecule has 0 aliphatic carbocycles. The number of aryl methyl sites for hydroxylation is 1. The maximum Gasteiger partial charge on any atom is 0.416 e. The largest absolute Gasteiger partial charge is 0.416 e. The summed E-state index contributed by atoms with van der Waals surface area (Å²) in [6.45, 7) is 2.71. The van der Waals surface area contributed by atoms with Crippen LogP contribution in [0, 0.1) is 0 Å². The van der Waals surface area contributed by atoms with Gasteiger partial charge in [0, 0.05) is 44.6 Å². The molecule has 29 heavy (non-hydrogen) atoms. The molecule has 1 aromatic carbocycles. The van der Waals surface area contributed by atoms with E-state index < -0.39 is 11.7 Å². The van der Waals surface area contributed by atoms with Gasteiger partial charge in [0.25, 0.3) is 0 Å². The number of hydrogen-bond donors (Lipinski definition) is 1. The Morgan fingerprint density at radius 1 is 1.31 bits per heavy atom. The molecule has 1 aliphatic rings. The van der Waals surface area contributed by atoms with Crippen molar-refractivity contribution in [1.82, 2.24) is 29.9 Å². The highest BCUT2D eigenvalue weighted by atomic mass is 35.5. The van der Waals surface area contributed by atoms with E-state index in [-0.39, 0.29) is 29.8 Å². The Morgan fingerprint density at radius 2 is 2.14 bits per heavy atom. The fraction of sp³-hybridized carbons (Fsp3) is 0.389. The van der Waals surface area contributed by atoms with Gasteiger partial charge in [0.05, 0.1) is 18.2 Å². The number of alkyl halides is 3. The quantitative estimate of drug-likeness (QED) is 0.688. The van der Waals surface area contributed by atoms with Gasteiger partial charge in [-0.2, -0.15) is 18.2 Å². The van der Waals surface area contributed by atoms with E-state index in [0.717, 1.165) is 37.6 Å². The second-order valence-electron chi connectivity index (χ2n) is 6.68. The van der Waals surface area contributed by atoms with Gasteiger partial charge < -0.3 is 14.4 Å². The lowest BCUT2D eigenvalue weighted by atomic mass is 10.1. The second-order valence-corrected chi connectivity index (χ2v) is 6.68. The fourth-order valence-corrected chi connectivity index (χ4v) is 3.33. The molecule has 1 aliphatic heterocycles. The minimum absolute atomic E-state index is 0. The summed E-state index contributed by atoms with van der Waals surface area (Å²) >= 11 is 0. The van der Waals surface area contributed by atoms with E-state index in [0.29, 0.717) is 12.4 Å². The maximum absolute atomic E-state index is 12.9. The van der Waals surface area contributed by atoms with E-state index in [1.165, 1.54) is 12.1 Å². The Hall–Kier alpha value is -2.43. The van der Waals surface area contributed by atoms with Crippen molar-refractivity contribution in [3.8, 4) is 11.4 Å². The highest BCUT2D eigenvalue weighted by Crippen LogP contribution is 2.31. The van der Waals surface area contributed by atoms with Gasteiger partial charge in [-0.15, -0.1) is 12.4 Å². The summed E-state index contributed by atoms with van der Waals surface area (Å²) in [4.78, 5) is 10.9. The number of piperazine rings is 1. The van der Waals surface area contributed by atoms with Crippen LogP contribution in [0.2, 0.25) is 0 Å². The number of imidazole rings is 1. The number of benzene rings is 1. The molecule has 2 aromatic heterocycles. The van der Waals surface area contributed by atoms with Crippen LogP contribution in [0.3, 0.4) is 0 Å². The molecule has 0 spiro atoms. The van der Waals surface area contributed by atoms with E-state index >= 15 is 0 Å². The summed E-state index contributed by atoms with van der Waals surface area (Å²) in [6, 6.07) is 4.95. The molecule has 7 nitrogen and oxygen atoms in total. The van der Waals surface area contributed by atoms with Gasteiger partial charge in [0.15, 0.2) is 0 Å². The van der Waals surface area contributed by atoms with Crippen molar-refractivity contribution >= 4 is 12.4 Å². The molecule has 0 bridgehead atoms. The topological polar surface area (TPSA) is 72.0 Å². The van der Waals surface area contributed by atoms with Crippen LogP contribution in [0.1, 0.15) is 23.3 Å². The third-order valence-electron chi connectivity index (χ3n) is 4.77. The fourth-order valence-electron chi connectivity index (χ4n) is 3.33. The standard InChI is InChI=1S/C18H19F3N6O.ClH/c1-26-7-6-23-17(26)14-10-22-5-8-27(14)11-15-24-16(25-28-15)12-3-2-4-13(9-12)18(19,20)21;/h2-4,6-7,9,14,22H,5,8,10-11H2,1H3;1H. The van der Waals surface area contributed by atoms with Gasteiger partial charge in [0.2, 0.25) is 11.7 Å². The Bertz CT molecular complexity index is 957. The average Bonchev–Trinajstić information content (AvgIpc) is 3.31. The third kappa shape index (κ3) is 4.60. The number of nitrogens with one attached hydrogen (secondary N) is 1. The normalized spacial score (nSPS) is 17.9. The predicted molar refractivity (Wildman–Crippen MR) is 101 cm³/mol. The number of halogens is 4. The van der Waals surface area contributed by atoms with Crippen LogP contribution < -0.4 is 5.32 Å². The van der Waals surface area contributed by atoms with E-state index in [1.807, 2.05) is 17.8 Å². The van der Waals surface area contributed by atoms with Crippen molar-refractivity contribution in [2.24, 2.45) is 7.05 Å². The zero-order chi connectivity index (χ0) is 19.7. The minimum atomic E-state index is -4.42. The van der Waals surface area contributed by atoms with Crippen LogP contribution >= 0.6 is 12.4 Å². The molecule has 1 unspecified atom stereocenters. The Morgan fingerprint density at radius 3 is 2.86 bits per heavy atom. The summed E-state index contributed by atoms with van der Waals surface area (Å²) < 4.78 is 46.0. The summed E-state index contributed by atoms with van der Waals surface area (Å²) in [5, 5.41) is 7.21. The molecule has 3 heterocycles. The third-order valence-corrected chi connectivity index (χ3v) is 4.77. The van der Waals surface area contributed by atoms with Crippen LogP contribution in [-0.4, -0.2) is 44.2 Å². The molecule has 1 saturated heterocycles. The van der Waals surface area contributed by atoms with Crippen molar-refractivity contribution in [2.45, 2.75) is 18.8 Å². The molecule has 156 valence electrons. The zero-order valence-corrected chi connectivity index (χ0v) is 16.4. The molecule has 4 rings (SSSR count). The average molecular weight is 429 g/mol. The van der Waals surface area contributed by atoms with Crippen molar-refractivity contribution in [3.63, 3.8) is 0 Å². The van der Waals surface area contributed by atoms with Gasteiger partial charge in [-0.05, 0) is 12.1 Å². The lowest BCUT2D eigenvalue weighted by molar-refractivity contribution is -0.137. The monoisotopic (exact) mass is 428 g/mol. The molecular weight excluding hydrogens is 409 g/mol. The zero-order valence-electron chi connectivity index (χ0n) is 15.6. The molecule has 0 saturated carbocycles. The maximum atomic E-state index is 12.9. The Balaban J connectivity index is 0.00000240. The minimum Gasteiger partial charge on any atom is -0.338 e. The van der Waals surface area contributed by atoms with Gasteiger partial charge >= 0.3 is 6.18 Å². The number of nitrogens with zero attached hydrogens (tertiary/aromatic N) is 5. The van der Waals surface area contributed by atoms with Crippen LogP contribution in [0.25, 0.3) is 11.4 Å². The van der Waals surface area contributed by atoms with Crippen LogP contribution in [0.15, 0.2) is 41.2 Å². The predicted octanol–water partition coefficient (Wildman–Crippen LogP) is 3.06. The molecule has 0 amide bonds. The first-order valence-electron chi connectivity index (χ1n) is 8.84. The highest BCUT2D eigenvalue weighted by Gasteiger charge is 2.31. The second kappa shape index (κ2) is 8.52. The summed E-state index contributed by atoms with van der Waals surface area (Å²) in [6.07, 6.45) is -0.778. The van der Waals surface area contributed by atoms with Crippen LogP contribution in [0.4, 0.5) is 13.2 Å². The first kappa shape index (κ1) is 21.3. The summed E-state index contributed by atoms with van der Waals surface area (Å²) in [5.41, 5.74) is -0.473. The van der Waals surface area contributed by atoms with Crippen molar-refractivity contribution < 1.29 is 17.7 Å². The first-order valence-corrected chi connectivity index (χ1v) is 8.84. The molecule has 0 radical (unpaired) electrons. The van der Waals surface area contributed by atoms with E-state index in [9.17, 15) is 13.2 Å². The van der Waals surface area contributed by atoms with Crippen molar-refractivity contribution in [3.05, 3.63) is 53.9 Å². The molecule has 1 N–H and O–H groups in total. The lowest BCUT2D eigenvalue weighted by Gasteiger charge is -2.34. The van der Waals surface area contributed by atoms with Crippen molar-refractivity contribution in [1.29, 1.82) is 0 Å².